The minimum absolute atomic E-state index is 0.0442. The quantitative estimate of drug-likeness (QED) is 0.455. The highest BCUT2D eigenvalue weighted by molar-refractivity contribution is 7.99. The molecule has 0 aliphatic heterocycles. The van der Waals surface area contributed by atoms with Crippen molar-refractivity contribution in [3.05, 3.63) is 20.7 Å². The van der Waals surface area contributed by atoms with Crippen molar-refractivity contribution in [2.24, 2.45) is 18.7 Å². The monoisotopic (exact) mass is 286 g/mol. The first-order valence-corrected chi connectivity index (χ1v) is 6.65. The van der Waals surface area contributed by atoms with E-state index in [1.807, 2.05) is 0 Å². The fourth-order valence-corrected chi connectivity index (χ4v) is 2.84. The van der Waals surface area contributed by atoms with Crippen LogP contribution in [0.15, 0.2) is 14.7 Å². The number of nitrogens with one attached hydrogen (secondary N) is 1. The number of nitrogens with zero attached hydrogens (tertiary/aromatic N) is 2. The first-order chi connectivity index (χ1) is 8.84. The minimum Gasteiger partial charge on any atom is -0.480 e. The molecule has 8 nitrogen and oxygen atoms in total. The number of carboxylic acids is 1. The fraction of sp³-hybridized carbons (Fsp3) is 0.600. The van der Waals surface area contributed by atoms with Crippen LogP contribution in [0.25, 0.3) is 0 Å². The van der Waals surface area contributed by atoms with Crippen LogP contribution in [0.4, 0.5) is 0 Å². The number of carbonyl (C=O) groups is 1. The third-order valence-corrected chi connectivity index (χ3v) is 4.34. The van der Waals surface area contributed by atoms with Crippen LogP contribution in [0.5, 0.6) is 0 Å². The third kappa shape index (κ3) is 2.71. The lowest BCUT2D eigenvalue weighted by Crippen LogP contribution is -2.52. The molecule has 0 amide bonds. The SMILES string of the molecule is Cn1[nH]c(=O)c(=O)nc1SCC(N)(C(=O)O)C1CC1. The molecule has 2 rings (SSSR count). The van der Waals surface area contributed by atoms with Crippen molar-refractivity contribution in [2.75, 3.05) is 5.75 Å². The van der Waals surface area contributed by atoms with Gasteiger partial charge in [0.1, 0.15) is 5.54 Å². The molecule has 1 saturated carbocycles. The van der Waals surface area contributed by atoms with Crippen LogP contribution in [-0.2, 0) is 11.8 Å². The summed E-state index contributed by atoms with van der Waals surface area (Å²) >= 11 is 1.05. The highest BCUT2D eigenvalue weighted by Gasteiger charge is 2.48. The summed E-state index contributed by atoms with van der Waals surface area (Å²) in [6.45, 7) is 0. The van der Waals surface area contributed by atoms with Gasteiger partial charge in [0.2, 0.25) is 0 Å². The summed E-state index contributed by atoms with van der Waals surface area (Å²) in [6.07, 6.45) is 1.59. The van der Waals surface area contributed by atoms with Crippen molar-refractivity contribution in [1.82, 2.24) is 14.8 Å². The van der Waals surface area contributed by atoms with Crippen molar-refractivity contribution in [1.29, 1.82) is 0 Å². The largest absolute Gasteiger partial charge is 0.480 e. The zero-order valence-electron chi connectivity index (χ0n) is 10.3. The molecule has 19 heavy (non-hydrogen) atoms. The Morgan fingerprint density at radius 1 is 1.63 bits per heavy atom. The smallest absolute Gasteiger partial charge is 0.339 e. The molecule has 1 fully saturated rings. The predicted molar refractivity (Wildman–Crippen MR) is 68.1 cm³/mol. The Kier molecular flexibility index (Phi) is 3.50. The first kappa shape index (κ1) is 13.8. The van der Waals surface area contributed by atoms with E-state index in [2.05, 4.69) is 10.1 Å². The average Bonchev–Trinajstić information content (AvgIpc) is 3.15. The van der Waals surface area contributed by atoms with E-state index >= 15 is 0 Å². The Labute approximate surface area is 112 Å². The molecule has 1 atom stereocenters. The van der Waals surface area contributed by atoms with Crippen LogP contribution in [0.3, 0.4) is 0 Å². The standard InChI is InChI=1S/C10H14N4O4S/c1-14-9(12-6(15)7(16)13-14)19-4-10(11,8(17)18)5-2-3-5/h5H,2-4,11H2,1H3,(H,13,16)(H,17,18). The molecule has 0 radical (unpaired) electrons. The Morgan fingerprint density at radius 3 is 2.79 bits per heavy atom. The van der Waals surface area contributed by atoms with Gasteiger partial charge >= 0.3 is 17.1 Å². The summed E-state index contributed by atoms with van der Waals surface area (Å²) in [5, 5.41) is 11.7. The summed E-state index contributed by atoms with van der Waals surface area (Å²) < 4.78 is 1.28. The Balaban J connectivity index is 2.18. The van der Waals surface area contributed by atoms with Gasteiger partial charge in [0, 0.05) is 12.8 Å². The maximum atomic E-state index is 11.2. The number of hydrogen-bond donors (Lipinski definition) is 3. The third-order valence-electron chi connectivity index (χ3n) is 3.09. The number of H-pyrrole nitrogens is 1. The van der Waals surface area contributed by atoms with Gasteiger partial charge in [-0.2, -0.15) is 4.98 Å². The summed E-state index contributed by atoms with van der Waals surface area (Å²) in [4.78, 5) is 37.0. The van der Waals surface area contributed by atoms with E-state index in [4.69, 9.17) is 5.73 Å². The summed E-state index contributed by atoms with van der Waals surface area (Å²) in [5.41, 5.74) is 2.87. The molecule has 0 bridgehead atoms. The number of aromatic amines is 1. The summed E-state index contributed by atoms with van der Waals surface area (Å²) in [6, 6.07) is 0. The minimum atomic E-state index is -1.32. The van der Waals surface area contributed by atoms with E-state index in [1.54, 1.807) is 0 Å². The van der Waals surface area contributed by atoms with E-state index in [9.17, 15) is 19.5 Å². The number of aliphatic carboxylic acids is 1. The number of aromatic nitrogens is 3. The Hall–Kier alpha value is -1.61. The van der Waals surface area contributed by atoms with Crippen molar-refractivity contribution < 1.29 is 9.90 Å². The van der Waals surface area contributed by atoms with Gasteiger partial charge in [0.25, 0.3) is 0 Å². The zero-order chi connectivity index (χ0) is 14.2. The van der Waals surface area contributed by atoms with Crippen LogP contribution in [0, 0.1) is 5.92 Å². The molecular formula is C10H14N4O4S. The van der Waals surface area contributed by atoms with Gasteiger partial charge < -0.3 is 10.8 Å². The topological polar surface area (TPSA) is 131 Å². The molecule has 1 aromatic rings. The molecule has 0 saturated heterocycles. The van der Waals surface area contributed by atoms with Crippen LogP contribution in [-0.4, -0.2) is 37.1 Å². The average molecular weight is 286 g/mol. The molecule has 1 unspecified atom stereocenters. The molecule has 1 aliphatic carbocycles. The van der Waals surface area contributed by atoms with E-state index in [-0.39, 0.29) is 16.8 Å². The van der Waals surface area contributed by atoms with Crippen LogP contribution in [0.2, 0.25) is 0 Å². The van der Waals surface area contributed by atoms with E-state index in [0.29, 0.717) is 0 Å². The fourth-order valence-electron chi connectivity index (χ4n) is 1.73. The van der Waals surface area contributed by atoms with Gasteiger partial charge in [0.15, 0.2) is 5.16 Å². The van der Waals surface area contributed by atoms with Gasteiger partial charge in [0.05, 0.1) is 0 Å². The normalized spacial score (nSPS) is 18.0. The van der Waals surface area contributed by atoms with Gasteiger partial charge in [-0.1, -0.05) is 11.8 Å². The van der Waals surface area contributed by atoms with Gasteiger partial charge in [-0.15, -0.1) is 0 Å². The molecule has 9 heteroatoms. The van der Waals surface area contributed by atoms with Gasteiger partial charge in [-0.3, -0.25) is 24.2 Å². The van der Waals surface area contributed by atoms with Crippen molar-refractivity contribution in [2.45, 2.75) is 23.5 Å². The molecular weight excluding hydrogens is 272 g/mol. The number of carboxylic acid groups (broad SMARTS) is 1. The maximum Gasteiger partial charge on any atom is 0.339 e. The van der Waals surface area contributed by atoms with Crippen molar-refractivity contribution in [3.63, 3.8) is 0 Å². The zero-order valence-corrected chi connectivity index (χ0v) is 11.1. The van der Waals surface area contributed by atoms with E-state index in [0.717, 1.165) is 24.6 Å². The Morgan fingerprint density at radius 2 is 2.26 bits per heavy atom. The van der Waals surface area contributed by atoms with E-state index < -0.39 is 22.6 Å². The number of hydrogen-bond acceptors (Lipinski definition) is 6. The van der Waals surface area contributed by atoms with E-state index in [1.165, 1.54) is 11.7 Å². The molecule has 0 aromatic carbocycles. The van der Waals surface area contributed by atoms with Crippen molar-refractivity contribution in [3.8, 4) is 0 Å². The summed E-state index contributed by atoms with van der Waals surface area (Å²) in [5.74, 6) is -1.01. The highest BCUT2D eigenvalue weighted by atomic mass is 32.2. The number of aryl methyl sites for hydroxylation is 1. The summed E-state index contributed by atoms with van der Waals surface area (Å²) in [7, 11) is 1.52. The maximum absolute atomic E-state index is 11.2. The first-order valence-electron chi connectivity index (χ1n) is 5.67. The second-order valence-electron chi connectivity index (χ2n) is 4.61. The van der Waals surface area contributed by atoms with Crippen LogP contribution < -0.4 is 16.9 Å². The second kappa shape index (κ2) is 4.82. The van der Waals surface area contributed by atoms with Gasteiger partial charge in [-0.25, -0.2) is 0 Å². The highest BCUT2D eigenvalue weighted by Crippen LogP contribution is 2.40. The van der Waals surface area contributed by atoms with Crippen LogP contribution >= 0.6 is 11.8 Å². The molecule has 4 N–H and O–H groups in total. The van der Waals surface area contributed by atoms with Crippen LogP contribution in [0.1, 0.15) is 12.8 Å². The second-order valence-corrected chi connectivity index (χ2v) is 5.55. The molecule has 1 heterocycles. The molecule has 0 spiro atoms. The molecule has 1 aromatic heterocycles. The van der Waals surface area contributed by atoms with Crippen molar-refractivity contribution >= 4 is 17.7 Å². The lowest BCUT2D eigenvalue weighted by atomic mass is 9.98. The molecule has 1 aliphatic rings. The number of nitrogens with two attached hydrogens (primary N) is 1. The predicted octanol–water partition coefficient (Wildman–Crippen LogP) is -1.25. The lowest BCUT2D eigenvalue weighted by molar-refractivity contribution is -0.143. The number of rotatable bonds is 5. The molecule has 104 valence electrons. The number of thioether (sulfide) groups is 1. The Bertz CT molecular complexity index is 621. The van der Waals surface area contributed by atoms with Gasteiger partial charge in [-0.05, 0) is 18.8 Å². The lowest BCUT2D eigenvalue weighted by Gasteiger charge is -2.23.